The number of carbonyl (C=O) groups excluding carboxylic acids is 1. The van der Waals surface area contributed by atoms with E-state index in [-0.39, 0.29) is 11.8 Å². The lowest BCUT2D eigenvalue weighted by Gasteiger charge is -2.31. The van der Waals surface area contributed by atoms with E-state index in [1.54, 1.807) is 30.3 Å². The number of rotatable bonds is 6. The van der Waals surface area contributed by atoms with Crippen LogP contribution in [0.25, 0.3) is 0 Å². The third-order valence-electron chi connectivity index (χ3n) is 4.89. The zero-order valence-electron chi connectivity index (χ0n) is 15.5. The highest BCUT2D eigenvalue weighted by Gasteiger charge is 2.29. The minimum Gasteiger partial charge on any atom is -0.338 e. The first-order valence-corrected chi connectivity index (χ1v) is 10.7. The molecule has 1 fully saturated rings. The SMILES string of the molecule is O=C(NCCC1CCN(S(=O)(=O)c2ccccc2)CC1)Nc1ccc(F)cc1. The summed E-state index contributed by atoms with van der Waals surface area (Å²) in [5, 5.41) is 5.43. The monoisotopic (exact) mass is 405 g/mol. The van der Waals surface area contributed by atoms with E-state index in [1.807, 2.05) is 0 Å². The van der Waals surface area contributed by atoms with E-state index in [0.29, 0.717) is 36.1 Å². The van der Waals surface area contributed by atoms with Gasteiger partial charge in [0.05, 0.1) is 4.90 Å². The van der Waals surface area contributed by atoms with E-state index in [4.69, 9.17) is 0 Å². The van der Waals surface area contributed by atoms with Gasteiger partial charge in [0.15, 0.2) is 0 Å². The van der Waals surface area contributed by atoms with Gasteiger partial charge in [-0.05, 0) is 61.6 Å². The van der Waals surface area contributed by atoms with Crippen LogP contribution in [0.15, 0.2) is 59.5 Å². The molecule has 1 saturated heterocycles. The number of carbonyl (C=O) groups is 1. The lowest BCUT2D eigenvalue weighted by molar-refractivity contribution is 0.245. The van der Waals surface area contributed by atoms with E-state index in [9.17, 15) is 17.6 Å². The summed E-state index contributed by atoms with van der Waals surface area (Å²) in [6.07, 6.45) is 2.33. The van der Waals surface area contributed by atoms with Crippen LogP contribution in [0.2, 0.25) is 0 Å². The molecule has 0 unspecified atom stereocenters. The Hall–Kier alpha value is -2.45. The Morgan fingerprint density at radius 1 is 1.04 bits per heavy atom. The summed E-state index contributed by atoms with van der Waals surface area (Å²) in [4.78, 5) is 12.2. The molecule has 0 bridgehead atoms. The first kappa shape index (κ1) is 20.3. The summed E-state index contributed by atoms with van der Waals surface area (Å²) >= 11 is 0. The first-order valence-electron chi connectivity index (χ1n) is 9.31. The second kappa shape index (κ2) is 9.16. The van der Waals surface area contributed by atoms with Gasteiger partial charge >= 0.3 is 6.03 Å². The number of nitrogens with one attached hydrogen (secondary N) is 2. The van der Waals surface area contributed by atoms with Gasteiger partial charge in [-0.2, -0.15) is 4.31 Å². The molecule has 0 aliphatic carbocycles. The number of anilines is 1. The van der Waals surface area contributed by atoms with Crippen molar-refractivity contribution in [3.05, 3.63) is 60.4 Å². The van der Waals surface area contributed by atoms with Crippen molar-refractivity contribution >= 4 is 21.7 Å². The number of piperidine rings is 1. The smallest absolute Gasteiger partial charge is 0.319 e. The molecular weight excluding hydrogens is 381 g/mol. The van der Waals surface area contributed by atoms with Crippen LogP contribution in [-0.4, -0.2) is 38.4 Å². The molecule has 6 nitrogen and oxygen atoms in total. The van der Waals surface area contributed by atoms with Gasteiger partial charge in [-0.15, -0.1) is 0 Å². The number of urea groups is 1. The summed E-state index contributed by atoms with van der Waals surface area (Å²) in [5.41, 5.74) is 0.526. The fraction of sp³-hybridized carbons (Fsp3) is 0.350. The number of nitrogens with zero attached hydrogens (tertiary/aromatic N) is 1. The molecular formula is C20H24FN3O3S. The molecule has 2 aromatic carbocycles. The molecule has 2 aromatic rings. The maximum atomic E-state index is 12.9. The maximum Gasteiger partial charge on any atom is 0.319 e. The second-order valence-corrected chi connectivity index (χ2v) is 8.77. The number of amides is 2. The maximum absolute atomic E-state index is 12.9. The lowest BCUT2D eigenvalue weighted by Crippen LogP contribution is -2.39. The summed E-state index contributed by atoms with van der Waals surface area (Å²) in [5.74, 6) is 0.0138. The van der Waals surface area contributed by atoms with Crippen LogP contribution in [0.5, 0.6) is 0 Å². The Bertz CT molecular complexity index is 881. The van der Waals surface area contributed by atoms with Crippen molar-refractivity contribution in [1.29, 1.82) is 0 Å². The van der Waals surface area contributed by atoms with E-state index in [1.165, 1.54) is 28.6 Å². The van der Waals surface area contributed by atoms with E-state index in [0.717, 1.165) is 19.3 Å². The summed E-state index contributed by atoms with van der Waals surface area (Å²) in [7, 11) is -3.43. The number of hydrogen-bond acceptors (Lipinski definition) is 3. The molecule has 0 spiro atoms. The fourth-order valence-electron chi connectivity index (χ4n) is 3.28. The van der Waals surface area contributed by atoms with Crippen molar-refractivity contribution in [2.24, 2.45) is 5.92 Å². The van der Waals surface area contributed by atoms with Gasteiger partial charge in [-0.1, -0.05) is 18.2 Å². The van der Waals surface area contributed by atoms with Gasteiger partial charge in [0, 0.05) is 25.3 Å². The minimum absolute atomic E-state index is 0.326. The second-order valence-electron chi connectivity index (χ2n) is 6.84. The average molecular weight is 405 g/mol. The van der Waals surface area contributed by atoms with Crippen molar-refractivity contribution < 1.29 is 17.6 Å². The van der Waals surface area contributed by atoms with E-state index < -0.39 is 10.0 Å². The van der Waals surface area contributed by atoms with E-state index in [2.05, 4.69) is 10.6 Å². The van der Waals surface area contributed by atoms with Crippen LogP contribution in [0.1, 0.15) is 19.3 Å². The highest BCUT2D eigenvalue weighted by atomic mass is 32.2. The summed E-state index contributed by atoms with van der Waals surface area (Å²) in [6.45, 7) is 1.48. The van der Waals surface area contributed by atoms with Gasteiger partial charge in [0.2, 0.25) is 10.0 Å². The molecule has 0 saturated carbocycles. The molecule has 28 heavy (non-hydrogen) atoms. The molecule has 8 heteroatoms. The first-order chi connectivity index (χ1) is 13.4. The molecule has 0 atom stereocenters. The third-order valence-corrected chi connectivity index (χ3v) is 6.81. The fourth-order valence-corrected chi connectivity index (χ4v) is 4.77. The van der Waals surface area contributed by atoms with Crippen molar-refractivity contribution in [2.45, 2.75) is 24.2 Å². The van der Waals surface area contributed by atoms with Gasteiger partial charge in [-0.25, -0.2) is 17.6 Å². The van der Waals surface area contributed by atoms with Crippen LogP contribution < -0.4 is 10.6 Å². The number of hydrogen-bond donors (Lipinski definition) is 2. The van der Waals surface area contributed by atoms with Crippen molar-refractivity contribution in [3.63, 3.8) is 0 Å². The van der Waals surface area contributed by atoms with Crippen LogP contribution in [0.4, 0.5) is 14.9 Å². The van der Waals surface area contributed by atoms with Gasteiger partial charge in [-0.3, -0.25) is 0 Å². The number of sulfonamides is 1. The minimum atomic E-state index is -3.43. The Kier molecular flexibility index (Phi) is 6.64. The van der Waals surface area contributed by atoms with Crippen LogP contribution in [0, 0.1) is 11.7 Å². The zero-order chi connectivity index (χ0) is 20.0. The molecule has 1 aliphatic heterocycles. The quantitative estimate of drug-likeness (QED) is 0.773. The highest BCUT2D eigenvalue weighted by molar-refractivity contribution is 7.89. The number of benzene rings is 2. The summed E-state index contributed by atoms with van der Waals surface area (Å²) < 4.78 is 39.7. The van der Waals surface area contributed by atoms with E-state index >= 15 is 0 Å². The van der Waals surface area contributed by atoms with Crippen LogP contribution in [0.3, 0.4) is 0 Å². The van der Waals surface area contributed by atoms with Gasteiger partial charge in [0.1, 0.15) is 5.82 Å². The van der Waals surface area contributed by atoms with Crippen molar-refractivity contribution in [1.82, 2.24) is 9.62 Å². The molecule has 0 radical (unpaired) electrons. The Morgan fingerprint density at radius 3 is 2.32 bits per heavy atom. The van der Waals surface area contributed by atoms with Crippen molar-refractivity contribution in [3.8, 4) is 0 Å². The Labute approximate surface area is 164 Å². The highest BCUT2D eigenvalue weighted by Crippen LogP contribution is 2.25. The zero-order valence-corrected chi connectivity index (χ0v) is 16.3. The molecule has 1 aliphatic rings. The number of halogens is 1. The van der Waals surface area contributed by atoms with Crippen LogP contribution >= 0.6 is 0 Å². The van der Waals surface area contributed by atoms with Gasteiger partial charge < -0.3 is 10.6 Å². The molecule has 1 heterocycles. The molecule has 150 valence electrons. The van der Waals surface area contributed by atoms with Crippen molar-refractivity contribution in [2.75, 3.05) is 25.0 Å². The van der Waals surface area contributed by atoms with Crippen LogP contribution in [-0.2, 0) is 10.0 Å². The van der Waals surface area contributed by atoms with Gasteiger partial charge in [0.25, 0.3) is 0 Å². The lowest BCUT2D eigenvalue weighted by atomic mass is 9.95. The molecule has 2 N–H and O–H groups in total. The predicted molar refractivity (Wildman–Crippen MR) is 106 cm³/mol. The largest absolute Gasteiger partial charge is 0.338 e. The summed E-state index contributed by atoms with van der Waals surface area (Å²) in [6, 6.07) is 13.7. The standard InChI is InChI=1S/C20H24FN3O3S/c21-17-6-8-18(9-7-17)23-20(25)22-13-10-16-11-14-24(15-12-16)28(26,27)19-4-2-1-3-5-19/h1-9,16H,10-15H2,(H2,22,23,25). The molecule has 2 amide bonds. The molecule has 3 rings (SSSR count). The molecule has 0 aromatic heterocycles. The normalized spacial score (nSPS) is 15.9. The Morgan fingerprint density at radius 2 is 1.68 bits per heavy atom. The predicted octanol–water partition coefficient (Wildman–Crippen LogP) is 3.44. The Balaban J connectivity index is 1.40. The topological polar surface area (TPSA) is 78.5 Å². The average Bonchev–Trinajstić information content (AvgIpc) is 2.71. The third kappa shape index (κ3) is 5.30.